The van der Waals surface area contributed by atoms with Crippen LogP contribution in [-0.2, 0) is 6.42 Å². The van der Waals surface area contributed by atoms with E-state index in [1.54, 1.807) is 0 Å². The average molecular weight is 297 g/mol. The van der Waals surface area contributed by atoms with Gasteiger partial charge >= 0.3 is 0 Å². The number of nitrogens with two attached hydrogens (primary N) is 1. The van der Waals surface area contributed by atoms with Crippen LogP contribution in [0.25, 0.3) is 0 Å². The van der Waals surface area contributed by atoms with Gasteiger partial charge in [-0.05, 0) is 42.2 Å². The molecule has 5 heteroatoms. The highest BCUT2D eigenvalue weighted by molar-refractivity contribution is 6.32. The molecule has 0 spiro atoms. The first-order valence-corrected chi connectivity index (χ1v) is 6.55. The molecular weight excluding hydrogens is 282 g/mol. The van der Waals surface area contributed by atoms with E-state index in [1.807, 2.05) is 25.1 Å². The van der Waals surface area contributed by atoms with Gasteiger partial charge in [0.25, 0.3) is 0 Å². The molecular formula is C15H15ClF2N2. The first-order valence-electron chi connectivity index (χ1n) is 6.17. The van der Waals surface area contributed by atoms with Gasteiger partial charge < -0.3 is 0 Å². The summed E-state index contributed by atoms with van der Waals surface area (Å²) in [6, 6.07) is 8.70. The topological polar surface area (TPSA) is 38.0 Å². The molecule has 2 aromatic carbocycles. The summed E-state index contributed by atoms with van der Waals surface area (Å²) in [5, 5.41) is 0.604. The summed E-state index contributed by atoms with van der Waals surface area (Å²) in [5.41, 5.74) is 4.89. The van der Waals surface area contributed by atoms with E-state index in [0.29, 0.717) is 17.0 Å². The van der Waals surface area contributed by atoms with Crippen LogP contribution in [0.4, 0.5) is 8.78 Å². The number of hydrogen-bond donors (Lipinski definition) is 2. The van der Waals surface area contributed by atoms with Gasteiger partial charge in [-0.1, -0.05) is 29.8 Å². The summed E-state index contributed by atoms with van der Waals surface area (Å²) >= 11 is 6.25. The Bertz CT molecular complexity index is 597. The lowest BCUT2D eigenvalue weighted by molar-refractivity contribution is 0.540. The maximum atomic E-state index is 13.2. The molecule has 0 aliphatic heterocycles. The molecule has 3 N–H and O–H groups in total. The standard InChI is InChI=1S/C15H15ClF2N2/c1-9-3-2-4-13(15(9)16)14(20-19)7-10-5-11(17)8-12(18)6-10/h2-6,8,14,20H,7,19H2,1H3. The molecule has 1 atom stereocenters. The molecule has 0 saturated heterocycles. The quantitative estimate of drug-likeness (QED) is 0.667. The van der Waals surface area contributed by atoms with E-state index in [2.05, 4.69) is 5.43 Å². The van der Waals surface area contributed by atoms with Crippen LogP contribution in [0.3, 0.4) is 0 Å². The molecule has 2 aromatic rings. The van der Waals surface area contributed by atoms with Crippen LogP contribution in [0.1, 0.15) is 22.7 Å². The fourth-order valence-electron chi connectivity index (χ4n) is 2.16. The SMILES string of the molecule is Cc1cccc(C(Cc2cc(F)cc(F)c2)NN)c1Cl. The fourth-order valence-corrected chi connectivity index (χ4v) is 2.42. The van der Waals surface area contributed by atoms with Crippen LogP contribution < -0.4 is 11.3 Å². The summed E-state index contributed by atoms with van der Waals surface area (Å²) in [6.45, 7) is 1.89. The molecule has 0 fully saturated rings. The Morgan fingerprint density at radius 3 is 2.45 bits per heavy atom. The predicted octanol–water partition coefficient (Wildman–Crippen LogP) is 3.67. The van der Waals surface area contributed by atoms with Gasteiger partial charge in [0, 0.05) is 11.1 Å². The maximum Gasteiger partial charge on any atom is 0.126 e. The van der Waals surface area contributed by atoms with Crippen molar-refractivity contribution in [3.05, 3.63) is 69.7 Å². The summed E-state index contributed by atoms with van der Waals surface area (Å²) in [4.78, 5) is 0. The summed E-state index contributed by atoms with van der Waals surface area (Å²) in [7, 11) is 0. The molecule has 0 saturated carbocycles. The van der Waals surface area contributed by atoms with Crippen LogP contribution >= 0.6 is 11.6 Å². The third kappa shape index (κ3) is 3.33. The van der Waals surface area contributed by atoms with Crippen LogP contribution in [0.2, 0.25) is 5.02 Å². The minimum atomic E-state index is -0.605. The van der Waals surface area contributed by atoms with Gasteiger partial charge in [-0.3, -0.25) is 11.3 Å². The summed E-state index contributed by atoms with van der Waals surface area (Å²) < 4.78 is 26.4. The highest BCUT2D eigenvalue weighted by Gasteiger charge is 2.16. The predicted molar refractivity (Wildman–Crippen MR) is 76.3 cm³/mol. The van der Waals surface area contributed by atoms with Crippen molar-refractivity contribution in [2.45, 2.75) is 19.4 Å². The van der Waals surface area contributed by atoms with Crippen LogP contribution in [0.5, 0.6) is 0 Å². The number of nitrogens with one attached hydrogen (secondary N) is 1. The highest BCUT2D eigenvalue weighted by Crippen LogP contribution is 2.28. The van der Waals surface area contributed by atoms with E-state index in [9.17, 15) is 8.78 Å². The molecule has 106 valence electrons. The van der Waals surface area contributed by atoms with Crippen LogP contribution in [0.15, 0.2) is 36.4 Å². The Labute approximate surface area is 121 Å². The van der Waals surface area contributed by atoms with E-state index in [-0.39, 0.29) is 6.04 Å². The molecule has 0 aliphatic carbocycles. The molecule has 20 heavy (non-hydrogen) atoms. The minimum absolute atomic E-state index is 0.316. The normalized spacial score (nSPS) is 12.4. The molecule has 0 aromatic heterocycles. The van der Waals surface area contributed by atoms with Crippen molar-refractivity contribution in [1.82, 2.24) is 5.43 Å². The average Bonchev–Trinajstić information content (AvgIpc) is 2.38. The van der Waals surface area contributed by atoms with E-state index < -0.39 is 11.6 Å². The summed E-state index contributed by atoms with van der Waals surface area (Å²) in [5.74, 6) is 4.34. The van der Waals surface area contributed by atoms with Gasteiger partial charge in [0.05, 0.1) is 6.04 Å². The number of rotatable bonds is 4. The number of hydrazine groups is 1. The minimum Gasteiger partial charge on any atom is -0.271 e. The molecule has 1 unspecified atom stereocenters. The zero-order valence-electron chi connectivity index (χ0n) is 11.0. The lowest BCUT2D eigenvalue weighted by Crippen LogP contribution is -2.30. The lowest BCUT2D eigenvalue weighted by atomic mass is 9.98. The highest BCUT2D eigenvalue weighted by atomic mass is 35.5. The number of benzene rings is 2. The molecule has 2 rings (SSSR count). The first-order chi connectivity index (χ1) is 9.51. The van der Waals surface area contributed by atoms with Crippen molar-refractivity contribution in [1.29, 1.82) is 0 Å². The van der Waals surface area contributed by atoms with Gasteiger partial charge in [-0.25, -0.2) is 8.78 Å². The van der Waals surface area contributed by atoms with E-state index in [1.165, 1.54) is 12.1 Å². The zero-order chi connectivity index (χ0) is 14.7. The molecule has 0 aliphatic rings. The Kier molecular flexibility index (Phi) is 4.70. The monoisotopic (exact) mass is 296 g/mol. The fraction of sp³-hybridized carbons (Fsp3) is 0.200. The van der Waals surface area contributed by atoms with Gasteiger partial charge in [-0.15, -0.1) is 0 Å². The second kappa shape index (κ2) is 6.31. The van der Waals surface area contributed by atoms with E-state index >= 15 is 0 Å². The number of halogens is 3. The number of aryl methyl sites for hydroxylation is 1. The molecule has 0 amide bonds. The van der Waals surface area contributed by atoms with Crippen molar-refractivity contribution in [2.24, 2.45) is 5.84 Å². The Hall–Kier alpha value is -1.49. The maximum absolute atomic E-state index is 13.2. The summed E-state index contributed by atoms with van der Waals surface area (Å²) in [6.07, 6.45) is 0.342. The van der Waals surface area contributed by atoms with Crippen molar-refractivity contribution in [3.8, 4) is 0 Å². The van der Waals surface area contributed by atoms with Gasteiger partial charge in [-0.2, -0.15) is 0 Å². The van der Waals surface area contributed by atoms with Gasteiger partial charge in [0.2, 0.25) is 0 Å². The van der Waals surface area contributed by atoms with Crippen LogP contribution in [0, 0.1) is 18.6 Å². The second-order valence-corrected chi connectivity index (χ2v) is 5.06. The molecule has 0 heterocycles. The Morgan fingerprint density at radius 2 is 1.85 bits per heavy atom. The molecule has 0 radical (unpaired) electrons. The number of hydrogen-bond acceptors (Lipinski definition) is 2. The van der Waals surface area contributed by atoms with Gasteiger partial charge in [0.1, 0.15) is 11.6 Å². The zero-order valence-corrected chi connectivity index (χ0v) is 11.7. The van der Waals surface area contributed by atoms with Crippen molar-refractivity contribution < 1.29 is 8.78 Å². The Morgan fingerprint density at radius 1 is 1.20 bits per heavy atom. The van der Waals surface area contributed by atoms with E-state index in [4.69, 9.17) is 17.4 Å². The van der Waals surface area contributed by atoms with Crippen molar-refractivity contribution in [2.75, 3.05) is 0 Å². The Balaban J connectivity index is 2.31. The smallest absolute Gasteiger partial charge is 0.126 e. The molecule has 0 bridgehead atoms. The molecule has 2 nitrogen and oxygen atoms in total. The van der Waals surface area contributed by atoms with E-state index in [0.717, 1.165) is 17.2 Å². The van der Waals surface area contributed by atoms with Gasteiger partial charge in [0.15, 0.2) is 0 Å². The largest absolute Gasteiger partial charge is 0.271 e. The van der Waals surface area contributed by atoms with Crippen molar-refractivity contribution >= 4 is 11.6 Å². The first kappa shape index (κ1) is 14.9. The second-order valence-electron chi connectivity index (χ2n) is 4.68. The third-order valence-electron chi connectivity index (χ3n) is 3.16. The van der Waals surface area contributed by atoms with Crippen molar-refractivity contribution in [3.63, 3.8) is 0 Å². The van der Waals surface area contributed by atoms with Crippen LogP contribution in [-0.4, -0.2) is 0 Å². The third-order valence-corrected chi connectivity index (χ3v) is 3.68. The lowest BCUT2D eigenvalue weighted by Gasteiger charge is -2.19.